The van der Waals surface area contributed by atoms with Crippen LogP contribution in [0.5, 0.6) is 0 Å². The van der Waals surface area contributed by atoms with Crippen molar-refractivity contribution in [3.8, 4) is 0 Å². The molecule has 2 atom stereocenters. The minimum Gasteiger partial charge on any atom is -0.496 e. The highest BCUT2D eigenvalue weighted by Crippen LogP contribution is 2.44. The normalized spacial score (nSPS) is 24.3. The minimum absolute atomic E-state index is 0.0298. The number of nitrogens with zero attached hydrogens (tertiary/aromatic N) is 1. The van der Waals surface area contributed by atoms with Gasteiger partial charge >= 0.3 is 12.0 Å². The first-order chi connectivity index (χ1) is 15.9. The summed E-state index contributed by atoms with van der Waals surface area (Å²) < 4.78 is 5.49. The Balaban J connectivity index is 1.63. The minimum atomic E-state index is -1.09. The first-order valence-electron chi connectivity index (χ1n) is 11.8. The van der Waals surface area contributed by atoms with Crippen molar-refractivity contribution in [3.05, 3.63) is 59.1 Å². The van der Waals surface area contributed by atoms with Gasteiger partial charge in [-0.1, -0.05) is 43.7 Å². The Morgan fingerprint density at radius 2 is 2.00 bits per heavy atom. The topological polar surface area (TPSA) is 95.9 Å². The lowest BCUT2D eigenvalue weighted by molar-refractivity contribution is -0.148. The quantitative estimate of drug-likeness (QED) is 0.536. The molecule has 184 valence electrons. The molecule has 0 spiro atoms. The van der Waals surface area contributed by atoms with Gasteiger partial charge in [0.2, 0.25) is 0 Å². The molecule has 0 bridgehead atoms. The van der Waals surface area contributed by atoms with Gasteiger partial charge in [0.05, 0.1) is 18.6 Å². The fourth-order valence-corrected chi connectivity index (χ4v) is 4.56. The molecule has 3 aliphatic rings. The van der Waals surface area contributed by atoms with Crippen molar-refractivity contribution in [1.82, 2.24) is 10.2 Å². The molecule has 2 unspecified atom stereocenters. The highest BCUT2D eigenvalue weighted by atomic mass is 16.5. The van der Waals surface area contributed by atoms with Gasteiger partial charge in [0, 0.05) is 36.6 Å². The molecule has 2 aliphatic carbocycles. The number of amides is 2. The van der Waals surface area contributed by atoms with Crippen molar-refractivity contribution in [3.63, 3.8) is 0 Å². The Labute approximate surface area is 201 Å². The maximum Gasteiger partial charge on any atom is 0.321 e. The Morgan fingerprint density at radius 3 is 2.56 bits per heavy atom. The van der Waals surface area contributed by atoms with Crippen molar-refractivity contribution in [1.29, 1.82) is 0 Å². The van der Waals surface area contributed by atoms with Crippen LogP contribution < -0.4 is 5.32 Å². The number of rotatable bonds is 8. The summed E-state index contributed by atoms with van der Waals surface area (Å²) in [5, 5.41) is 12.3. The second-order valence-corrected chi connectivity index (χ2v) is 10.4. The number of carboxylic acids is 1. The van der Waals surface area contributed by atoms with Gasteiger partial charge in [-0.3, -0.25) is 9.59 Å². The Bertz CT molecular complexity index is 1010. The molecule has 0 aromatic carbocycles. The molecule has 0 saturated heterocycles. The molecule has 0 radical (unpaired) electrons. The third kappa shape index (κ3) is 5.88. The zero-order valence-corrected chi connectivity index (χ0v) is 20.8. The number of nitrogens with one attached hydrogen (secondary N) is 1. The smallest absolute Gasteiger partial charge is 0.321 e. The second-order valence-electron chi connectivity index (χ2n) is 10.4. The summed E-state index contributed by atoms with van der Waals surface area (Å²) in [5.41, 5.74) is 1.37. The van der Waals surface area contributed by atoms with E-state index >= 15 is 0 Å². The van der Waals surface area contributed by atoms with Gasteiger partial charge in [-0.25, -0.2) is 4.79 Å². The van der Waals surface area contributed by atoms with E-state index in [-0.39, 0.29) is 29.6 Å². The summed E-state index contributed by atoms with van der Waals surface area (Å²) >= 11 is 0. The summed E-state index contributed by atoms with van der Waals surface area (Å²) in [7, 11) is 1.75. The molecule has 3 rings (SSSR count). The van der Waals surface area contributed by atoms with Crippen molar-refractivity contribution < 1.29 is 24.2 Å². The highest BCUT2D eigenvalue weighted by molar-refractivity contribution is 6.00. The molecule has 34 heavy (non-hydrogen) atoms. The van der Waals surface area contributed by atoms with E-state index in [4.69, 9.17) is 4.74 Å². The van der Waals surface area contributed by atoms with Gasteiger partial charge < -0.3 is 20.1 Å². The number of hydrogen-bond donors (Lipinski definition) is 2. The van der Waals surface area contributed by atoms with Gasteiger partial charge in [-0.15, -0.1) is 0 Å². The SMILES string of the molecule is CC1CC(NC(=O)N(C)CC2=CCCO2)=CC=C1C1(C)C=CC(C(=O)CC(C)(C)C(=O)O)=CC1. The summed E-state index contributed by atoms with van der Waals surface area (Å²) in [4.78, 5) is 38.2. The molecular weight excluding hydrogens is 432 g/mol. The molecule has 0 fully saturated rings. The number of urea groups is 1. The fourth-order valence-electron chi connectivity index (χ4n) is 4.56. The summed E-state index contributed by atoms with van der Waals surface area (Å²) in [5.74, 6) is -0.0701. The zero-order valence-electron chi connectivity index (χ0n) is 20.8. The number of carbonyl (C=O) groups excluding carboxylic acids is 2. The van der Waals surface area contributed by atoms with Gasteiger partial charge in [-0.05, 0) is 44.8 Å². The number of carbonyl (C=O) groups is 3. The van der Waals surface area contributed by atoms with E-state index in [0.717, 1.165) is 24.3 Å². The maximum atomic E-state index is 12.6. The van der Waals surface area contributed by atoms with E-state index in [9.17, 15) is 19.5 Å². The Morgan fingerprint density at radius 1 is 1.26 bits per heavy atom. The largest absolute Gasteiger partial charge is 0.496 e. The molecule has 0 saturated carbocycles. The molecule has 7 nitrogen and oxygen atoms in total. The van der Waals surface area contributed by atoms with Crippen LogP contribution in [0.1, 0.15) is 53.4 Å². The molecule has 1 heterocycles. The molecule has 7 heteroatoms. The van der Waals surface area contributed by atoms with Crippen molar-refractivity contribution in [2.24, 2.45) is 16.7 Å². The predicted molar refractivity (Wildman–Crippen MR) is 131 cm³/mol. The van der Waals surface area contributed by atoms with Crippen LogP contribution >= 0.6 is 0 Å². The summed E-state index contributed by atoms with van der Waals surface area (Å²) in [6.45, 7) is 8.56. The van der Waals surface area contributed by atoms with Gasteiger partial charge in [0.15, 0.2) is 5.78 Å². The average Bonchev–Trinajstić information content (AvgIpc) is 3.26. The number of aliphatic carboxylic acids is 1. The average molecular weight is 469 g/mol. The van der Waals surface area contributed by atoms with Crippen LogP contribution in [0.2, 0.25) is 0 Å². The van der Waals surface area contributed by atoms with E-state index in [1.165, 1.54) is 5.57 Å². The Kier molecular flexibility index (Phi) is 7.54. The van der Waals surface area contributed by atoms with Gasteiger partial charge in [0.25, 0.3) is 0 Å². The first-order valence-corrected chi connectivity index (χ1v) is 11.8. The third-order valence-corrected chi connectivity index (χ3v) is 6.85. The number of Topliss-reactive ketones (excluding diaryl/α,β-unsaturated/α-hetero) is 1. The lowest BCUT2D eigenvalue weighted by Gasteiger charge is -2.36. The maximum absolute atomic E-state index is 12.6. The number of carboxylic acid groups (broad SMARTS) is 1. The van der Waals surface area contributed by atoms with Crippen molar-refractivity contribution in [2.75, 3.05) is 20.2 Å². The molecule has 0 aromatic heterocycles. The van der Waals surface area contributed by atoms with Crippen molar-refractivity contribution in [2.45, 2.75) is 53.4 Å². The van der Waals surface area contributed by atoms with Crippen LogP contribution in [0.25, 0.3) is 0 Å². The van der Waals surface area contributed by atoms with E-state index in [2.05, 4.69) is 31.3 Å². The number of ketones is 1. The zero-order chi connectivity index (χ0) is 25.1. The summed E-state index contributed by atoms with van der Waals surface area (Å²) in [6, 6.07) is -0.161. The molecule has 1 aliphatic heterocycles. The predicted octanol–water partition coefficient (Wildman–Crippen LogP) is 4.74. The van der Waals surface area contributed by atoms with Crippen LogP contribution in [-0.4, -0.2) is 48.0 Å². The van der Waals surface area contributed by atoms with Crippen LogP contribution in [0.3, 0.4) is 0 Å². The molecule has 2 N–H and O–H groups in total. The van der Waals surface area contributed by atoms with Gasteiger partial charge in [-0.2, -0.15) is 0 Å². The number of hydrogen-bond acceptors (Lipinski definition) is 4. The van der Waals surface area contributed by atoms with Crippen LogP contribution in [0.4, 0.5) is 4.79 Å². The van der Waals surface area contributed by atoms with Crippen LogP contribution in [-0.2, 0) is 14.3 Å². The molecular formula is C27H36N2O5. The highest BCUT2D eigenvalue weighted by Gasteiger charge is 2.35. The number of likely N-dealkylation sites (N-methyl/N-ethyl adjacent to an activating group) is 1. The fraction of sp³-hybridized carbons (Fsp3) is 0.519. The van der Waals surface area contributed by atoms with E-state index in [1.54, 1.807) is 25.8 Å². The summed E-state index contributed by atoms with van der Waals surface area (Å²) in [6.07, 6.45) is 14.1. The molecule has 0 aromatic rings. The lowest BCUT2D eigenvalue weighted by atomic mass is 9.68. The first kappa shape index (κ1) is 25.5. The van der Waals surface area contributed by atoms with Crippen LogP contribution in [0, 0.1) is 16.7 Å². The van der Waals surface area contributed by atoms with E-state index in [0.29, 0.717) is 25.1 Å². The standard InChI is InChI=1S/C27H36N2O5/c1-18-15-20(28-25(33)29(5)17-21-7-6-14-34-21)8-9-22(18)27(4)12-10-19(11-13-27)23(30)16-26(2,3)24(31)32/h7-12,18H,6,13-17H2,1-5H3,(H,28,33)(H,31,32). The van der Waals surface area contributed by atoms with Crippen molar-refractivity contribution >= 4 is 17.8 Å². The van der Waals surface area contributed by atoms with Gasteiger partial charge in [0.1, 0.15) is 5.76 Å². The Hall–Kier alpha value is -3.09. The van der Waals surface area contributed by atoms with E-state index in [1.807, 2.05) is 24.3 Å². The van der Waals surface area contributed by atoms with Crippen LogP contribution in [0.15, 0.2) is 59.1 Å². The lowest BCUT2D eigenvalue weighted by Crippen LogP contribution is -2.39. The van der Waals surface area contributed by atoms with E-state index < -0.39 is 11.4 Å². The number of ether oxygens (including phenoxy) is 1. The second kappa shape index (κ2) is 10.0. The third-order valence-electron chi connectivity index (χ3n) is 6.85. The monoisotopic (exact) mass is 468 g/mol. The number of allylic oxidation sites excluding steroid dienone is 8. The molecule has 2 amide bonds.